The van der Waals surface area contributed by atoms with E-state index in [-0.39, 0.29) is 36.1 Å². The molecule has 9 heteroatoms. The third kappa shape index (κ3) is 2.60. The summed E-state index contributed by atoms with van der Waals surface area (Å²) in [6, 6.07) is 0.0335. The van der Waals surface area contributed by atoms with Crippen LogP contribution >= 0.6 is 0 Å². The Labute approximate surface area is 139 Å². The van der Waals surface area contributed by atoms with Crippen molar-refractivity contribution in [2.75, 3.05) is 13.1 Å². The lowest BCUT2D eigenvalue weighted by Gasteiger charge is -2.34. The Morgan fingerprint density at radius 3 is 2.32 bits per heavy atom. The maximum atomic E-state index is 14.3. The Balaban J connectivity index is 2.36. The molecule has 2 heterocycles. The number of ketones is 1. The van der Waals surface area contributed by atoms with E-state index in [2.05, 4.69) is 10.6 Å². The molecule has 3 rings (SSSR count). The minimum absolute atomic E-state index is 0.0243. The van der Waals surface area contributed by atoms with Gasteiger partial charge in [0.25, 0.3) is 0 Å². The summed E-state index contributed by atoms with van der Waals surface area (Å²) in [7, 11) is 0. The first-order valence-corrected chi connectivity index (χ1v) is 7.25. The summed E-state index contributed by atoms with van der Waals surface area (Å²) >= 11 is 0. The standard InChI is InChI=1S/C16H12F4N2O3/c1-5-10(16(24)25)12(11-8(22-5)3-21-4-9(11)23)13-14(19)6(17)2-7(18)15(13)20/h2,12,21-22H,3-4H2,1H3,(H,24,25). The predicted molar refractivity (Wildman–Crippen MR) is 77.4 cm³/mol. The van der Waals surface area contributed by atoms with Crippen LogP contribution in [0, 0.1) is 23.3 Å². The number of hydrogen-bond donors (Lipinski definition) is 3. The molecule has 0 aliphatic carbocycles. The third-order valence-electron chi connectivity index (χ3n) is 4.20. The molecule has 132 valence electrons. The molecule has 5 nitrogen and oxygen atoms in total. The van der Waals surface area contributed by atoms with Crippen molar-refractivity contribution in [3.05, 3.63) is 57.4 Å². The normalized spacial score (nSPS) is 20.5. The molecule has 0 amide bonds. The zero-order valence-corrected chi connectivity index (χ0v) is 12.8. The largest absolute Gasteiger partial charge is 0.478 e. The number of benzene rings is 1. The summed E-state index contributed by atoms with van der Waals surface area (Å²) in [6.45, 7) is 1.26. The van der Waals surface area contributed by atoms with Crippen LogP contribution in [-0.4, -0.2) is 29.9 Å². The van der Waals surface area contributed by atoms with Gasteiger partial charge in [0.15, 0.2) is 29.1 Å². The number of rotatable bonds is 2. The van der Waals surface area contributed by atoms with Gasteiger partial charge in [-0.1, -0.05) is 0 Å². The van der Waals surface area contributed by atoms with Crippen LogP contribution in [0.4, 0.5) is 17.6 Å². The molecule has 2 aliphatic heterocycles. The number of halogens is 4. The van der Waals surface area contributed by atoms with Gasteiger partial charge < -0.3 is 15.7 Å². The van der Waals surface area contributed by atoms with Crippen molar-refractivity contribution in [2.24, 2.45) is 0 Å². The number of Topliss-reactive ketones (excluding diaryl/α,β-unsaturated/α-hetero) is 1. The Hall–Kier alpha value is -2.68. The first-order chi connectivity index (χ1) is 11.7. The summed E-state index contributed by atoms with van der Waals surface area (Å²) in [6.07, 6.45) is 0. The number of hydrogen-bond acceptors (Lipinski definition) is 4. The van der Waals surface area contributed by atoms with Gasteiger partial charge in [-0.05, 0) is 6.92 Å². The van der Waals surface area contributed by atoms with Gasteiger partial charge in [0.2, 0.25) is 0 Å². The van der Waals surface area contributed by atoms with Crippen molar-refractivity contribution in [1.29, 1.82) is 0 Å². The van der Waals surface area contributed by atoms with Gasteiger partial charge in [0, 0.05) is 35.1 Å². The number of aliphatic carboxylic acids is 1. The Morgan fingerprint density at radius 2 is 1.76 bits per heavy atom. The first kappa shape index (κ1) is 17.2. The van der Waals surface area contributed by atoms with Crippen LogP contribution in [0.1, 0.15) is 18.4 Å². The van der Waals surface area contributed by atoms with E-state index in [9.17, 15) is 32.3 Å². The molecule has 3 N–H and O–H groups in total. The number of nitrogens with one attached hydrogen (secondary N) is 2. The van der Waals surface area contributed by atoms with Crippen LogP contribution in [0.15, 0.2) is 28.6 Å². The second-order valence-corrected chi connectivity index (χ2v) is 5.70. The third-order valence-corrected chi connectivity index (χ3v) is 4.20. The Morgan fingerprint density at radius 1 is 1.16 bits per heavy atom. The van der Waals surface area contributed by atoms with Gasteiger partial charge in [-0.2, -0.15) is 0 Å². The summed E-state index contributed by atoms with van der Waals surface area (Å²) < 4.78 is 55.9. The number of carbonyl (C=O) groups is 2. The topological polar surface area (TPSA) is 78.4 Å². The molecule has 0 spiro atoms. The van der Waals surface area contributed by atoms with Gasteiger partial charge in [0.1, 0.15) is 0 Å². The van der Waals surface area contributed by atoms with E-state index in [1.165, 1.54) is 6.92 Å². The highest BCUT2D eigenvalue weighted by Gasteiger charge is 2.42. The number of carboxylic acid groups (broad SMARTS) is 1. The van der Waals surface area contributed by atoms with E-state index in [0.717, 1.165) is 0 Å². The van der Waals surface area contributed by atoms with E-state index in [1.807, 2.05) is 0 Å². The van der Waals surface area contributed by atoms with Gasteiger partial charge >= 0.3 is 5.97 Å². The van der Waals surface area contributed by atoms with Gasteiger partial charge in [-0.15, -0.1) is 0 Å². The minimum Gasteiger partial charge on any atom is -0.478 e. The van der Waals surface area contributed by atoms with Crippen molar-refractivity contribution in [2.45, 2.75) is 12.8 Å². The lowest BCUT2D eigenvalue weighted by Crippen LogP contribution is -2.43. The second kappa shape index (κ2) is 5.99. The fourth-order valence-corrected chi connectivity index (χ4v) is 3.18. The summed E-state index contributed by atoms with van der Waals surface area (Å²) in [5, 5.41) is 14.9. The Kier molecular flexibility index (Phi) is 4.11. The lowest BCUT2D eigenvalue weighted by molar-refractivity contribution is -0.133. The monoisotopic (exact) mass is 356 g/mol. The molecule has 2 aliphatic rings. The van der Waals surface area contributed by atoms with Crippen molar-refractivity contribution in [1.82, 2.24) is 10.6 Å². The molecule has 0 fully saturated rings. The quantitative estimate of drug-likeness (QED) is 0.556. The van der Waals surface area contributed by atoms with Crippen LogP contribution in [-0.2, 0) is 9.59 Å². The molecule has 0 aromatic heterocycles. The molecule has 1 aromatic carbocycles. The number of allylic oxidation sites excluding steroid dienone is 1. The molecule has 0 radical (unpaired) electrons. The highest BCUT2D eigenvalue weighted by atomic mass is 19.2. The molecule has 0 saturated carbocycles. The molecule has 0 bridgehead atoms. The summed E-state index contributed by atoms with van der Waals surface area (Å²) in [5.74, 6) is -10.7. The van der Waals surface area contributed by atoms with Crippen molar-refractivity contribution in [3.8, 4) is 0 Å². The molecule has 1 unspecified atom stereocenters. The molecular formula is C16H12F4N2O3. The first-order valence-electron chi connectivity index (χ1n) is 7.25. The van der Waals surface area contributed by atoms with Crippen LogP contribution < -0.4 is 10.6 Å². The van der Waals surface area contributed by atoms with Gasteiger partial charge in [-0.25, -0.2) is 22.4 Å². The Bertz CT molecular complexity index is 850. The number of dihydropyridines is 1. The van der Waals surface area contributed by atoms with Crippen LogP contribution in [0.2, 0.25) is 0 Å². The van der Waals surface area contributed by atoms with Gasteiger partial charge in [0.05, 0.1) is 18.0 Å². The molecule has 1 atom stereocenters. The summed E-state index contributed by atoms with van der Waals surface area (Å²) in [5.41, 5.74) is -1.65. The molecule has 0 saturated heterocycles. The minimum atomic E-state index is -1.76. The maximum Gasteiger partial charge on any atom is 0.334 e. The van der Waals surface area contributed by atoms with Crippen molar-refractivity contribution in [3.63, 3.8) is 0 Å². The second-order valence-electron chi connectivity index (χ2n) is 5.70. The number of carbonyl (C=O) groups excluding carboxylic acids is 1. The van der Waals surface area contributed by atoms with Crippen molar-refractivity contribution < 1.29 is 32.3 Å². The fourth-order valence-electron chi connectivity index (χ4n) is 3.18. The van der Waals surface area contributed by atoms with E-state index < -0.39 is 52.1 Å². The van der Waals surface area contributed by atoms with Gasteiger partial charge in [-0.3, -0.25) is 4.79 Å². The average Bonchev–Trinajstić information content (AvgIpc) is 2.52. The van der Waals surface area contributed by atoms with Crippen LogP contribution in [0.3, 0.4) is 0 Å². The maximum absolute atomic E-state index is 14.3. The smallest absolute Gasteiger partial charge is 0.334 e. The molecule has 1 aromatic rings. The summed E-state index contributed by atoms with van der Waals surface area (Å²) in [4.78, 5) is 23.9. The number of carboxylic acids is 1. The van der Waals surface area contributed by atoms with E-state index >= 15 is 0 Å². The molecule has 25 heavy (non-hydrogen) atoms. The van der Waals surface area contributed by atoms with E-state index in [1.54, 1.807) is 0 Å². The molecular weight excluding hydrogens is 344 g/mol. The highest BCUT2D eigenvalue weighted by Crippen LogP contribution is 2.42. The van der Waals surface area contributed by atoms with Crippen molar-refractivity contribution >= 4 is 11.8 Å². The lowest BCUT2D eigenvalue weighted by atomic mass is 9.77. The van der Waals surface area contributed by atoms with Crippen LogP contribution in [0.5, 0.6) is 0 Å². The average molecular weight is 356 g/mol. The SMILES string of the molecule is CC1=C(C(=O)O)C(c2c(F)c(F)cc(F)c2F)C2=C(CNCC2=O)N1. The predicted octanol–water partition coefficient (Wildman–Crippen LogP) is 1.71. The highest BCUT2D eigenvalue weighted by molar-refractivity contribution is 6.04. The van der Waals surface area contributed by atoms with Crippen LogP contribution in [0.25, 0.3) is 0 Å². The zero-order valence-electron chi connectivity index (χ0n) is 12.8. The van der Waals surface area contributed by atoms with E-state index in [4.69, 9.17) is 0 Å². The van der Waals surface area contributed by atoms with E-state index in [0.29, 0.717) is 0 Å². The fraction of sp³-hybridized carbons (Fsp3) is 0.250. The zero-order chi connectivity index (χ0) is 18.5.